The van der Waals surface area contributed by atoms with Gasteiger partial charge in [0.25, 0.3) is 5.91 Å². The summed E-state index contributed by atoms with van der Waals surface area (Å²) in [6.45, 7) is 10.3. The number of fused-ring (bicyclic) bond motifs is 1. The summed E-state index contributed by atoms with van der Waals surface area (Å²) in [5.74, 6) is 0.898. The van der Waals surface area contributed by atoms with Gasteiger partial charge >= 0.3 is 0 Å². The summed E-state index contributed by atoms with van der Waals surface area (Å²) in [7, 11) is 0. The highest BCUT2D eigenvalue weighted by Gasteiger charge is 2.19. The van der Waals surface area contributed by atoms with Gasteiger partial charge in [0.2, 0.25) is 0 Å². The van der Waals surface area contributed by atoms with Crippen molar-refractivity contribution in [3.8, 4) is 5.82 Å². The van der Waals surface area contributed by atoms with E-state index in [1.54, 1.807) is 10.9 Å². The molecule has 0 aliphatic heterocycles. The Morgan fingerprint density at radius 1 is 1.07 bits per heavy atom. The van der Waals surface area contributed by atoms with E-state index in [1.807, 2.05) is 58.9 Å². The normalized spacial score (nSPS) is 11.2. The lowest BCUT2D eigenvalue weighted by atomic mass is 10.0. The van der Waals surface area contributed by atoms with Crippen molar-refractivity contribution < 1.29 is 9.21 Å². The van der Waals surface area contributed by atoms with Crippen LogP contribution in [0.25, 0.3) is 16.8 Å². The van der Waals surface area contributed by atoms with Crippen LogP contribution in [0.4, 0.5) is 0 Å². The number of amides is 1. The average Bonchev–Trinajstić information content (AvgIpc) is 3.23. The van der Waals surface area contributed by atoms with Crippen LogP contribution >= 0.6 is 0 Å². The lowest BCUT2D eigenvalue weighted by molar-refractivity contribution is 0.0924. The average molecular weight is 388 g/mol. The van der Waals surface area contributed by atoms with Crippen molar-refractivity contribution in [3.05, 3.63) is 75.9 Å². The van der Waals surface area contributed by atoms with Crippen molar-refractivity contribution in [2.75, 3.05) is 0 Å². The van der Waals surface area contributed by atoms with E-state index >= 15 is 0 Å². The van der Waals surface area contributed by atoms with Gasteiger partial charge < -0.3 is 9.73 Å². The molecule has 29 heavy (non-hydrogen) atoms. The molecule has 0 aliphatic carbocycles. The Morgan fingerprint density at radius 3 is 2.45 bits per heavy atom. The lowest BCUT2D eigenvalue weighted by Crippen LogP contribution is -2.23. The molecule has 0 bridgehead atoms. The molecular formula is C23H24N4O2. The van der Waals surface area contributed by atoms with Crippen molar-refractivity contribution >= 4 is 16.9 Å². The molecule has 1 amide bonds. The van der Waals surface area contributed by atoms with Gasteiger partial charge in [-0.1, -0.05) is 18.2 Å². The van der Waals surface area contributed by atoms with E-state index < -0.39 is 0 Å². The number of furan rings is 1. The number of aromatic nitrogens is 3. The molecule has 4 aromatic rings. The molecule has 4 rings (SSSR count). The molecule has 0 atom stereocenters. The Morgan fingerprint density at radius 2 is 1.83 bits per heavy atom. The van der Waals surface area contributed by atoms with Crippen LogP contribution in [0.1, 0.15) is 44.2 Å². The van der Waals surface area contributed by atoms with Crippen molar-refractivity contribution in [2.45, 2.75) is 41.2 Å². The molecule has 3 heterocycles. The predicted molar refractivity (Wildman–Crippen MR) is 112 cm³/mol. The molecule has 0 spiro atoms. The number of nitrogens with one attached hydrogen (secondary N) is 1. The van der Waals surface area contributed by atoms with Gasteiger partial charge in [-0.15, -0.1) is 0 Å². The van der Waals surface area contributed by atoms with Crippen molar-refractivity contribution in [1.29, 1.82) is 0 Å². The highest BCUT2D eigenvalue weighted by atomic mass is 16.3. The van der Waals surface area contributed by atoms with Gasteiger partial charge in [-0.2, -0.15) is 5.10 Å². The second-order valence-corrected chi connectivity index (χ2v) is 7.51. The van der Waals surface area contributed by atoms with Gasteiger partial charge in [-0.05, 0) is 63.4 Å². The first-order valence-corrected chi connectivity index (χ1v) is 9.61. The smallest absolute Gasteiger partial charge is 0.287 e. The number of carbonyl (C=O) groups is 1. The zero-order valence-electron chi connectivity index (χ0n) is 17.3. The number of hydrogen-bond donors (Lipinski definition) is 1. The largest absolute Gasteiger partial charge is 0.450 e. The van der Waals surface area contributed by atoms with Gasteiger partial charge in [-0.3, -0.25) is 4.79 Å². The van der Waals surface area contributed by atoms with Crippen LogP contribution in [0, 0.1) is 34.6 Å². The molecule has 0 saturated heterocycles. The minimum Gasteiger partial charge on any atom is -0.450 e. The summed E-state index contributed by atoms with van der Waals surface area (Å²) < 4.78 is 7.72. The maximum atomic E-state index is 12.7. The summed E-state index contributed by atoms with van der Waals surface area (Å²) >= 11 is 0. The SMILES string of the molecule is Cc1cc(C)n(-c2ccc(CNC(=O)c3oc4c(C)ccc(C)c4c3C)cn2)n1. The third-order valence-electron chi connectivity index (χ3n) is 5.18. The lowest BCUT2D eigenvalue weighted by Gasteiger charge is -2.06. The summed E-state index contributed by atoms with van der Waals surface area (Å²) in [6, 6.07) is 9.92. The van der Waals surface area contributed by atoms with Gasteiger partial charge in [0.15, 0.2) is 11.6 Å². The minimum atomic E-state index is -0.222. The maximum absolute atomic E-state index is 12.7. The fourth-order valence-electron chi connectivity index (χ4n) is 3.66. The molecule has 0 saturated carbocycles. The Balaban J connectivity index is 1.51. The quantitative estimate of drug-likeness (QED) is 0.559. The number of carbonyl (C=O) groups excluding carboxylic acids is 1. The fraction of sp³-hybridized carbons (Fsp3) is 0.261. The second kappa shape index (κ2) is 7.20. The van der Waals surface area contributed by atoms with Gasteiger partial charge in [0, 0.05) is 29.4 Å². The number of benzene rings is 1. The minimum absolute atomic E-state index is 0.222. The summed E-state index contributed by atoms with van der Waals surface area (Å²) in [5, 5.41) is 8.40. The number of aryl methyl sites for hydroxylation is 5. The third-order valence-corrected chi connectivity index (χ3v) is 5.18. The Hall–Kier alpha value is -3.41. The third kappa shape index (κ3) is 3.42. The van der Waals surface area contributed by atoms with Crippen LogP contribution in [-0.2, 0) is 6.54 Å². The van der Waals surface area contributed by atoms with Gasteiger partial charge in [-0.25, -0.2) is 9.67 Å². The molecular weight excluding hydrogens is 364 g/mol. The molecule has 3 aromatic heterocycles. The highest BCUT2D eigenvalue weighted by molar-refractivity contribution is 6.00. The molecule has 6 heteroatoms. The summed E-state index contributed by atoms with van der Waals surface area (Å²) in [6.07, 6.45) is 1.76. The van der Waals surface area contributed by atoms with E-state index in [9.17, 15) is 4.79 Å². The standard InChI is InChI=1S/C23H24N4O2/c1-13-6-7-14(2)21-20(13)17(5)22(29-21)23(28)25-12-18-8-9-19(24-11-18)27-16(4)10-15(3)26-27/h6-11H,12H2,1-5H3,(H,25,28). The first kappa shape index (κ1) is 18.9. The van der Waals surface area contributed by atoms with E-state index in [1.165, 1.54) is 0 Å². The van der Waals surface area contributed by atoms with E-state index in [0.717, 1.165) is 50.4 Å². The number of rotatable bonds is 4. The summed E-state index contributed by atoms with van der Waals surface area (Å²) in [5.41, 5.74) is 6.67. The highest BCUT2D eigenvalue weighted by Crippen LogP contribution is 2.30. The Kier molecular flexibility index (Phi) is 4.70. The molecule has 0 fully saturated rings. The predicted octanol–water partition coefficient (Wildman–Crippen LogP) is 4.49. The Bertz CT molecular complexity index is 1220. The van der Waals surface area contributed by atoms with Crippen LogP contribution < -0.4 is 5.32 Å². The van der Waals surface area contributed by atoms with Gasteiger partial charge in [0.1, 0.15) is 5.58 Å². The molecule has 6 nitrogen and oxygen atoms in total. The molecule has 0 radical (unpaired) electrons. The molecule has 148 valence electrons. The van der Waals surface area contributed by atoms with E-state index in [2.05, 4.69) is 21.5 Å². The second-order valence-electron chi connectivity index (χ2n) is 7.51. The van der Waals surface area contributed by atoms with Crippen LogP contribution in [0.2, 0.25) is 0 Å². The molecule has 0 unspecified atom stereocenters. The first-order valence-electron chi connectivity index (χ1n) is 9.61. The number of nitrogens with zero attached hydrogens (tertiary/aromatic N) is 3. The zero-order valence-corrected chi connectivity index (χ0v) is 17.3. The van der Waals surface area contributed by atoms with E-state index in [-0.39, 0.29) is 5.91 Å². The number of pyridine rings is 1. The zero-order chi connectivity index (χ0) is 20.7. The van der Waals surface area contributed by atoms with E-state index in [4.69, 9.17) is 4.42 Å². The van der Waals surface area contributed by atoms with Crippen LogP contribution in [0.5, 0.6) is 0 Å². The number of hydrogen-bond acceptors (Lipinski definition) is 4. The van der Waals surface area contributed by atoms with Crippen LogP contribution in [0.3, 0.4) is 0 Å². The molecule has 1 N–H and O–H groups in total. The van der Waals surface area contributed by atoms with Crippen LogP contribution in [-0.4, -0.2) is 20.7 Å². The molecule has 1 aromatic carbocycles. The Labute approximate surface area is 169 Å². The first-order chi connectivity index (χ1) is 13.8. The van der Waals surface area contributed by atoms with E-state index in [0.29, 0.717) is 12.3 Å². The van der Waals surface area contributed by atoms with Gasteiger partial charge in [0.05, 0.1) is 5.69 Å². The topological polar surface area (TPSA) is 73.0 Å². The monoisotopic (exact) mass is 388 g/mol. The maximum Gasteiger partial charge on any atom is 0.287 e. The molecule has 0 aliphatic rings. The van der Waals surface area contributed by atoms with Crippen molar-refractivity contribution in [3.63, 3.8) is 0 Å². The van der Waals surface area contributed by atoms with Crippen LogP contribution in [0.15, 0.2) is 40.9 Å². The summed E-state index contributed by atoms with van der Waals surface area (Å²) in [4.78, 5) is 17.2. The van der Waals surface area contributed by atoms with Crippen molar-refractivity contribution in [1.82, 2.24) is 20.1 Å². The van der Waals surface area contributed by atoms with Crippen molar-refractivity contribution in [2.24, 2.45) is 0 Å². The fourth-order valence-corrected chi connectivity index (χ4v) is 3.66.